The molecule has 0 aliphatic carbocycles. The highest BCUT2D eigenvalue weighted by atomic mass is 19.4. The van der Waals surface area contributed by atoms with E-state index in [-0.39, 0.29) is 17.1 Å². The maximum absolute atomic E-state index is 14.0. The average Bonchev–Trinajstić information content (AvgIpc) is 3.23. The third-order valence-corrected chi connectivity index (χ3v) is 5.47. The normalized spacial score (nSPS) is 23.0. The van der Waals surface area contributed by atoms with E-state index in [1.165, 1.54) is 47.8 Å². The van der Waals surface area contributed by atoms with Crippen LogP contribution in [0, 0.1) is 18.7 Å². The predicted molar refractivity (Wildman–Crippen MR) is 109 cm³/mol. The summed E-state index contributed by atoms with van der Waals surface area (Å²) in [7, 11) is 0. The number of carbonyl (C=O) groups excluding carboxylic acids is 2. The molecule has 10 heteroatoms. The molecule has 2 aromatic carbocycles. The summed E-state index contributed by atoms with van der Waals surface area (Å²) in [5, 5.41) is 14.3. The van der Waals surface area contributed by atoms with Crippen molar-refractivity contribution in [2.24, 2.45) is 5.92 Å². The van der Waals surface area contributed by atoms with E-state index in [2.05, 4.69) is 5.32 Å². The second-order valence-corrected chi connectivity index (χ2v) is 7.76. The number of urea groups is 1. The second-order valence-electron chi connectivity index (χ2n) is 7.76. The van der Waals surface area contributed by atoms with Crippen LogP contribution in [0.3, 0.4) is 0 Å². The molecule has 3 aromatic rings. The van der Waals surface area contributed by atoms with Crippen molar-refractivity contribution in [3.05, 3.63) is 83.4 Å². The van der Waals surface area contributed by atoms with Gasteiger partial charge in [-0.2, -0.15) is 13.2 Å². The van der Waals surface area contributed by atoms with E-state index >= 15 is 0 Å². The van der Waals surface area contributed by atoms with E-state index in [0.717, 1.165) is 11.6 Å². The first kappa shape index (κ1) is 22.5. The molecule has 0 saturated carbocycles. The molecule has 33 heavy (non-hydrogen) atoms. The van der Waals surface area contributed by atoms with Crippen molar-refractivity contribution in [3.8, 4) is 11.3 Å². The zero-order valence-corrected chi connectivity index (χ0v) is 17.1. The van der Waals surface area contributed by atoms with Gasteiger partial charge in [0.15, 0.2) is 5.78 Å². The van der Waals surface area contributed by atoms with Crippen LogP contribution in [0.15, 0.2) is 65.1 Å². The van der Waals surface area contributed by atoms with E-state index in [1.807, 2.05) is 0 Å². The highest BCUT2D eigenvalue weighted by Crippen LogP contribution is 2.44. The number of alkyl halides is 3. The van der Waals surface area contributed by atoms with Crippen LogP contribution in [0.5, 0.6) is 0 Å². The van der Waals surface area contributed by atoms with Crippen molar-refractivity contribution in [1.82, 2.24) is 10.6 Å². The van der Waals surface area contributed by atoms with Gasteiger partial charge in [0.25, 0.3) is 0 Å². The molecular weight excluding hydrogens is 444 g/mol. The van der Waals surface area contributed by atoms with Crippen molar-refractivity contribution in [2.45, 2.75) is 24.9 Å². The zero-order valence-electron chi connectivity index (χ0n) is 17.1. The highest BCUT2D eigenvalue weighted by molar-refractivity contribution is 6.00. The van der Waals surface area contributed by atoms with Gasteiger partial charge >= 0.3 is 12.2 Å². The number of hydrogen-bond acceptors (Lipinski definition) is 4. The molecular formula is C23H18F4N2O4. The van der Waals surface area contributed by atoms with Gasteiger partial charge in [0, 0.05) is 11.1 Å². The third kappa shape index (κ3) is 4.09. The van der Waals surface area contributed by atoms with Crippen LogP contribution >= 0.6 is 0 Å². The number of halogens is 4. The Kier molecular flexibility index (Phi) is 5.49. The first-order valence-corrected chi connectivity index (χ1v) is 9.84. The maximum atomic E-state index is 14.0. The van der Waals surface area contributed by atoms with Gasteiger partial charge in [-0.1, -0.05) is 42.0 Å². The van der Waals surface area contributed by atoms with Gasteiger partial charge in [-0.15, -0.1) is 0 Å². The fourth-order valence-corrected chi connectivity index (χ4v) is 3.79. The minimum absolute atomic E-state index is 0.0897. The van der Waals surface area contributed by atoms with Gasteiger partial charge in [0.05, 0.1) is 0 Å². The lowest BCUT2D eigenvalue weighted by atomic mass is 9.79. The number of aliphatic hydroxyl groups is 1. The van der Waals surface area contributed by atoms with Crippen molar-refractivity contribution < 1.29 is 36.7 Å². The molecule has 4 rings (SSSR count). The molecule has 0 radical (unpaired) electrons. The number of ketones is 1. The standard InChI is InChI=1S/C23H18F4N2O4/c1-12-5-7-13(8-6-12)20(30)18-19(28-21(31)29-22(18,32)23(25,26)27)17-10-9-16(33-17)14-3-2-4-15(24)11-14/h2-11,18-19,32H,1H3,(H2,28,29,31)/t18-,19-,22+/m0/s1. The Morgan fingerprint density at radius 1 is 1.09 bits per heavy atom. The Labute approximate surface area is 185 Å². The number of carbonyl (C=O) groups is 2. The van der Waals surface area contributed by atoms with Crippen molar-refractivity contribution in [2.75, 3.05) is 0 Å². The minimum atomic E-state index is -5.38. The summed E-state index contributed by atoms with van der Waals surface area (Å²) in [4.78, 5) is 25.3. The summed E-state index contributed by atoms with van der Waals surface area (Å²) < 4.78 is 61.1. The molecule has 1 fully saturated rings. The Balaban J connectivity index is 1.81. The van der Waals surface area contributed by atoms with E-state index in [0.29, 0.717) is 5.56 Å². The molecule has 0 spiro atoms. The molecule has 6 nitrogen and oxygen atoms in total. The summed E-state index contributed by atoms with van der Waals surface area (Å²) in [6.07, 6.45) is -5.38. The van der Waals surface area contributed by atoms with Gasteiger partial charge in [0.1, 0.15) is 29.3 Å². The molecule has 1 aliphatic heterocycles. The van der Waals surface area contributed by atoms with Gasteiger partial charge < -0.3 is 20.2 Å². The average molecular weight is 462 g/mol. The lowest BCUT2D eigenvalue weighted by molar-refractivity contribution is -0.288. The van der Waals surface area contributed by atoms with Gasteiger partial charge in [-0.25, -0.2) is 9.18 Å². The zero-order chi connectivity index (χ0) is 24.0. The van der Waals surface area contributed by atoms with Crippen molar-refractivity contribution in [3.63, 3.8) is 0 Å². The summed E-state index contributed by atoms with van der Waals surface area (Å²) >= 11 is 0. The summed E-state index contributed by atoms with van der Waals surface area (Å²) in [5.41, 5.74) is -2.88. The van der Waals surface area contributed by atoms with Crippen LogP contribution in [0.4, 0.5) is 22.4 Å². The van der Waals surface area contributed by atoms with Crippen LogP contribution in [0.25, 0.3) is 11.3 Å². The monoisotopic (exact) mass is 462 g/mol. The molecule has 2 amide bonds. The van der Waals surface area contributed by atoms with Gasteiger partial charge in [-0.05, 0) is 31.2 Å². The van der Waals surface area contributed by atoms with Crippen LogP contribution in [0.1, 0.15) is 27.7 Å². The number of nitrogens with one attached hydrogen (secondary N) is 2. The van der Waals surface area contributed by atoms with Crippen molar-refractivity contribution >= 4 is 11.8 Å². The Hall–Kier alpha value is -3.66. The molecule has 3 N–H and O–H groups in total. The summed E-state index contributed by atoms with van der Waals surface area (Å²) in [6, 6.07) is 10.7. The lowest BCUT2D eigenvalue weighted by Gasteiger charge is -2.44. The number of rotatable bonds is 4. The Morgan fingerprint density at radius 3 is 2.42 bits per heavy atom. The van der Waals surface area contributed by atoms with Gasteiger partial charge in [0.2, 0.25) is 5.72 Å². The van der Waals surface area contributed by atoms with Crippen LogP contribution in [0.2, 0.25) is 0 Å². The topological polar surface area (TPSA) is 91.6 Å². The van der Waals surface area contributed by atoms with Crippen molar-refractivity contribution in [1.29, 1.82) is 0 Å². The first-order chi connectivity index (χ1) is 15.5. The molecule has 1 saturated heterocycles. The number of benzene rings is 2. The third-order valence-electron chi connectivity index (χ3n) is 5.47. The quantitative estimate of drug-likeness (QED) is 0.393. The molecule has 1 aromatic heterocycles. The fourth-order valence-electron chi connectivity index (χ4n) is 3.79. The molecule has 0 unspecified atom stereocenters. The van der Waals surface area contributed by atoms with Gasteiger partial charge in [-0.3, -0.25) is 4.79 Å². The highest BCUT2D eigenvalue weighted by Gasteiger charge is 2.66. The predicted octanol–water partition coefficient (Wildman–Crippen LogP) is 4.50. The van der Waals surface area contributed by atoms with E-state index in [9.17, 15) is 32.3 Å². The SMILES string of the molecule is Cc1ccc(C(=O)[C@@H]2[C@H](c3ccc(-c4cccc(F)c4)o3)NC(=O)N[C@]2(O)C(F)(F)F)cc1. The second kappa shape index (κ2) is 8.04. The number of hydrogen-bond donors (Lipinski definition) is 3. The first-order valence-electron chi connectivity index (χ1n) is 9.84. The molecule has 1 aliphatic rings. The maximum Gasteiger partial charge on any atom is 0.437 e. The summed E-state index contributed by atoms with van der Waals surface area (Å²) in [6.45, 7) is 1.74. The minimum Gasteiger partial charge on any atom is -0.459 e. The molecule has 0 bridgehead atoms. The smallest absolute Gasteiger partial charge is 0.437 e. The number of amides is 2. The number of aryl methyl sites for hydroxylation is 1. The molecule has 3 atom stereocenters. The Morgan fingerprint density at radius 2 is 1.79 bits per heavy atom. The van der Waals surface area contributed by atoms with E-state index < -0.39 is 41.5 Å². The largest absolute Gasteiger partial charge is 0.459 e. The van der Waals surface area contributed by atoms with Crippen LogP contribution in [-0.2, 0) is 0 Å². The fraction of sp³-hybridized carbons (Fsp3) is 0.217. The number of Topliss-reactive ketones (excluding diaryl/α,β-unsaturated/α-hetero) is 1. The van der Waals surface area contributed by atoms with E-state index in [4.69, 9.17) is 4.42 Å². The lowest BCUT2D eigenvalue weighted by Crippen LogP contribution is -2.72. The molecule has 2 heterocycles. The van der Waals surface area contributed by atoms with E-state index in [1.54, 1.807) is 19.1 Å². The van der Waals surface area contributed by atoms with Crippen LogP contribution < -0.4 is 10.6 Å². The number of furan rings is 1. The summed E-state index contributed by atoms with van der Waals surface area (Å²) in [5.74, 6) is -3.94. The molecule has 172 valence electrons. The Bertz CT molecular complexity index is 1210. The van der Waals surface area contributed by atoms with Crippen LogP contribution in [-0.4, -0.2) is 28.8 Å².